The lowest BCUT2D eigenvalue weighted by Crippen LogP contribution is -2.17. The van der Waals surface area contributed by atoms with E-state index >= 15 is 0 Å². The van der Waals surface area contributed by atoms with Gasteiger partial charge in [0.1, 0.15) is 10.8 Å². The number of hydrogen-bond acceptors (Lipinski definition) is 6. The summed E-state index contributed by atoms with van der Waals surface area (Å²) in [7, 11) is 0. The smallest absolute Gasteiger partial charge is 0.406 e. The summed E-state index contributed by atoms with van der Waals surface area (Å²) in [6, 6.07) is 5.89. The molecule has 0 spiro atoms. The number of halogens is 3. The number of ether oxygens (including phenoxy) is 1. The Balaban J connectivity index is 1.89. The summed E-state index contributed by atoms with van der Waals surface area (Å²) in [5, 5.41) is 2.77. The second-order valence-electron chi connectivity index (χ2n) is 4.38. The summed E-state index contributed by atoms with van der Waals surface area (Å²) in [5.74, 6) is -0.940. The molecule has 2 rings (SSSR count). The molecule has 1 heterocycles. The van der Waals surface area contributed by atoms with Crippen LogP contribution < -0.4 is 21.3 Å². The molecule has 0 saturated carbocycles. The molecule has 1 aromatic carbocycles. The van der Waals surface area contributed by atoms with Gasteiger partial charge in [0.25, 0.3) is 5.56 Å². The number of carbonyl (C=O) groups excluding carboxylic acids is 1. The van der Waals surface area contributed by atoms with Crippen molar-refractivity contribution < 1.29 is 22.7 Å². The zero-order valence-corrected chi connectivity index (χ0v) is 12.7. The second-order valence-corrected chi connectivity index (χ2v) is 5.37. The predicted molar refractivity (Wildman–Crippen MR) is 81.7 cm³/mol. The Morgan fingerprint density at radius 1 is 1.33 bits per heavy atom. The fourth-order valence-electron chi connectivity index (χ4n) is 1.60. The molecule has 7 nitrogen and oxygen atoms in total. The third kappa shape index (κ3) is 5.83. The number of nitrogens with one attached hydrogen (secondary N) is 2. The molecule has 0 unspecified atom stereocenters. The largest absolute Gasteiger partial charge is 0.573 e. The van der Waals surface area contributed by atoms with E-state index in [0.717, 1.165) is 23.9 Å². The molecule has 4 N–H and O–H groups in total. The number of nitrogen functional groups attached to an aromatic ring is 1. The van der Waals surface area contributed by atoms with Crippen LogP contribution in [0.3, 0.4) is 0 Å². The minimum absolute atomic E-state index is 0.0588. The van der Waals surface area contributed by atoms with E-state index in [0.29, 0.717) is 5.69 Å². The number of amides is 1. The number of H-pyrrole nitrogens is 1. The van der Waals surface area contributed by atoms with Gasteiger partial charge in [-0.15, -0.1) is 13.2 Å². The molecular weight excluding hydrogens is 349 g/mol. The first-order chi connectivity index (χ1) is 11.2. The third-order valence-corrected chi connectivity index (χ3v) is 3.37. The van der Waals surface area contributed by atoms with Gasteiger partial charge >= 0.3 is 6.36 Å². The van der Waals surface area contributed by atoms with Gasteiger partial charge in [0.05, 0.1) is 5.75 Å². The Bertz CT molecular complexity index is 777. The van der Waals surface area contributed by atoms with Gasteiger partial charge in [-0.25, -0.2) is 4.98 Å². The standard InChI is InChI=1S/C13H11F3N4O3S/c14-13(15,16)23-8-3-1-7(2-4-8)18-10(22)6-24-11-5-9(21)19-12(17)20-11/h1-5H,6H2,(H,18,22)(H3,17,19,20,21). The molecule has 1 aromatic heterocycles. The van der Waals surface area contributed by atoms with Gasteiger partial charge in [-0.05, 0) is 24.3 Å². The van der Waals surface area contributed by atoms with Crippen molar-refractivity contribution in [3.05, 3.63) is 40.7 Å². The molecule has 2 aromatic rings. The molecule has 0 radical (unpaired) electrons. The number of anilines is 2. The van der Waals surface area contributed by atoms with E-state index in [2.05, 4.69) is 20.0 Å². The van der Waals surface area contributed by atoms with Gasteiger partial charge in [-0.1, -0.05) is 11.8 Å². The molecule has 0 saturated heterocycles. The highest BCUT2D eigenvalue weighted by molar-refractivity contribution is 7.99. The number of benzene rings is 1. The summed E-state index contributed by atoms with van der Waals surface area (Å²) in [6.07, 6.45) is -4.77. The highest BCUT2D eigenvalue weighted by Gasteiger charge is 2.30. The number of aromatic nitrogens is 2. The maximum Gasteiger partial charge on any atom is 0.573 e. The average Bonchev–Trinajstić information content (AvgIpc) is 2.45. The lowest BCUT2D eigenvalue weighted by atomic mass is 10.3. The summed E-state index contributed by atoms with van der Waals surface area (Å²) in [5.41, 5.74) is 5.24. The minimum Gasteiger partial charge on any atom is -0.406 e. The van der Waals surface area contributed by atoms with Crippen molar-refractivity contribution >= 4 is 29.3 Å². The van der Waals surface area contributed by atoms with Crippen LogP contribution in [0.25, 0.3) is 0 Å². The van der Waals surface area contributed by atoms with E-state index in [1.165, 1.54) is 18.2 Å². The molecule has 0 fully saturated rings. The topological polar surface area (TPSA) is 110 Å². The fourth-order valence-corrected chi connectivity index (χ4v) is 2.31. The molecular formula is C13H11F3N4O3S. The monoisotopic (exact) mass is 360 g/mol. The number of hydrogen-bond donors (Lipinski definition) is 3. The average molecular weight is 360 g/mol. The zero-order chi connectivity index (χ0) is 17.7. The highest BCUT2D eigenvalue weighted by atomic mass is 32.2. The lowest BCUT2D eigenvalue weighted by molar-refractivity contribution is -0.274. The Morgan fingerprint density at radius 3 is 2.58 bits per heavy atom. The van der Waals surface area contributed by atoms with Crippen LogP contribution in [0.2, 0.25) is 0 Å². The van der Waals surface area contributed by atoms with Crippen molar-refractivity contribution in [3.8, 4) is 5.75 Å². The van der Waals surface area contributed by atoms with Gasteiger partial charge < -0.3 is 15.8 Å². The normalized spacial score (nSPS) is 11.1. The van der Waals surface area contributed by atoms with Crippen molar-refractivity contribution in [1.29, 1.82) is 0 Å². The number of rotatable bonds is 5. The maximum absolute atomic E-state index is 12.0. The van der Waals surface area contributed by atoms with Crippen molar-refractivity contribution in [1.82, 2.24) is 9.97 Å². The highest BCUT2D eigenvalue weighted by Crippen LogP contribution is 2.24. The SMILES string of the molecule is Nc1nc(SCC(=O)Nc2ccc(OC(F)(F)F)cc2)cc(=O)[nH]1. The van der Waals surface area contributed by atoms with Gasteiger partial charge in [0.2, 0.25) is 11.9 Å². The zero-order valence-electron chi connectivity index (χ0n) is 11.9. The van der Waals surface area contributed by atoms with Crippen LogP contribution in [0.5, 0.6) is 5.75 Å². The lowest BCUT2D eigenvalue weighted by Gasteiger charge is -2.09. The van der Waals surface area contributed by atoms with E-state index < -0.39 is 23.6 Å². The molecule has 0 aliphatic heterocycles. The summed E-state index contributed by atoms with van der Waals surface area (Å²) in [6.45, 7) is 0. The van der Waals surface area contributed by atoms with Crippen LogP contribution in [0.15, 0.2) is 40.2 Å². The number of nitrogens with two attached hydrogens (primary N) is 1. The van der Waals surface area contributed by atoms with Crippen LogP contribution in [-0.2, 0) is 4.79 Å². The summed E-state index contributed by atoms with van der Waals surface area (Å²) < 4.78 is 39.8. The Labute approximate surface area is 137 Å². The van der Waals surface area contributed by atoms with Crippen molar-refractivity contribution in [2.45, 2.75) is 11.4 Å². The number of alkyl halides is 3. The van der Waals surface area contributed by atoms with Crippen molar-refractivity contribution in [3.63, 3.8) is 0 Å². The first kappa shape index (κ1) is 17.7. The molecule has 11 heteroatoms. The van der Waals surface area contributed by atoms with Crippen LogP contribution in [0.4, 0.5) is 24.8 Å². The molecule has 0 aliphatic rings. The molecule has 128 valence electrons. The Morgan fingerprint density at radius 2 is 2.00 bits per heavy atom. The molecule has 0 aliphatic carbocycles. The van der Waals surface area contributed by atoms with Gasteiger partial charge in [0, 0.05) is 11.8 Å². The van der Waals surface area contributed by atoms with E-state index in [9.17, 15) is 22.8 Å². The van der Waals surface area contributed by atoms with Crippen molar-refractivity contribution in [2.24, 2.45) is 0 Å². The summed E-state index contributed by atoms with van der Waals surface area (Å²) in [4.78, 5) is 29.1. The first-order valence-electron chi connectivity index (χ1n) is 6.36. The number of thioether (sulfide) groups is 1. The maximum atomic E-state index is 12.0. The Hall–Kier alpha value is -2.69. The van der Waals surface area contributed by atoms with E-state index in [4.69, 9.17) is 5.73 Å². The minimum atomic E-state index is -4.77. The summed E-state index contributed by atoms with van der Waals surface area (Å²) >= 11 is 0.991. The Kier molecular flexibility index (Phi) is 5.34. The van der Waals surface area contributed by atoms with E-state index in [-0.39, 0.29) is 16.7 Å². The number of nitrogens with zero attached hydrogens (tertiary/aromatic N) is 1. The molecule has 1 amide bonds. The van der Waals surface area contributed by atoms with E-state index in [1.54, 1.807) is 0 Å². The first-order valence-corrected chi connectivity index (χ1v) is 7.35. The van der Waals surface area contributed by atoms with Gasteiger partial charge in [-0.3, -0.25) is 14.6 Å². The quantitative estimate of drug-likeness (QED) is 0.556. The number of carbonyl (C=O) groups is 1. The molecule has 0 bridgehead atoms. The predicted octanol–water partition coefficient (Wildman–Crippen LogP) is 1.98. The van der Waals surface area contributed by atoms with Crippen molar-refractivity contribution in [2.75, 3.05) is 16.8 Å². The van der Waals surface area contributed by atoms with Crippen LogP contribution in [-0.4, -0.2) is 28.0 Å². The van der Waals surface area contributed by atoms with Crippen LogP contribution >= 0.6 is 11.8 Å². The fraction of sp³-hybridized carbons (Fsp3) is 0.154. The molecule has 0 atom stereocenters. The van der Waals surface area contributed by atoms with Crippen LogP contribution in [0.1, 0.15) is 0 Å². The van der Waals surface area contributed by atoms with Gasteiger partial charge in [-0.2, -0.15) is 0 Å². The third-order valence-electron chi connectivity index (χ3n) is 2.46. The second kappa shape index (κ2) is 7.25. The van der Waals surface area contributed by atoms with E-state index in [1.807, 2.05) is 0 Å². The molecule has 24 heavy (non-hydrogen) atoms. The van der Waals surface area contributed by atoms with Crippen LogP contribution in [0, 0.1) is 0 Å². The number of aromatic amines is 1. The van der Waals surface area contributed by atoms with Gasteiger partial charge in [0.15, 0.2) is 0 Å².